The van der Waals surface area contributed by atoms with Gasteiger partial charge in [-0.05, 0) is 31.2 Å². The van der Waals surface area contributed by atoms with Crippen molar-refractivity contribution in [2.75, 3.05) is 20.3 Å². The molecule has 1 aromatic carbocycles. The molecule has 0 radical (unpaired) electrons. The van der Waals surface area contributed by atoms with E-state index in [1.165, 1.54) is 7.11 Å². The number of benzene rings is 1. The Morgan fingerprint density at radius 1 is 1.35 bits per heavy atom. The Morgan fingerprint density at radius 2 is 2.00 bits per heavy atom. The minimum absolute atomic E-state index is 0.0129. The van der Waals surface area contributed by atoms with Crippen LogP contribution in [-0.4, -0.2) is 26.3 Å². The van der Waals surface area contributed by atoms with E-state index < -0.39 is 0 Å². The van der Waals surface area contributed by atoms with Crippen molar-refractivity contribution in [1.82, 2.24) is 0 Å². The van der Waals surface area contributed by atoms with Gasteiger partial charge in [0.2, 0.25) is 0 Å². The average Bonchev–Trinajstić information content (AvgIpc) is 2.33. The second-order valence-electron chi connectivity index (χ2n) is 4.37. The molecule has 0 N–H and O–H groups in total. The van der Waals surface area contributed by atoms with Crippen LogP contribution in [0.25, 0.3) is 0 Å². The van der Waals surface area contributed by atoms with Gasteiger partial charge >= 0.3 is 5.97 Å². The molecule has 17 heavy (non-hydrogen) atoms. The molecule has 0 unspecified atom stereocenters. The largest absolute Gasteiger partial charge is 0.465 e. The van der Waals surface area contributed by atoms with Crippen LogP contribution in [-0.2, 0) is 9.47 Å². The SMILES string of the molecule is COC(=O)c1ccc(C#CC2(C)COC2)cc1. The summed E-state index contributed by atoms with van der Waals surface area (Å²) in [4.78, 5) is 11.2. The Kier molecular flexibility index (Phi) is 3.16. The van der Waals surface area contributed by atoms with Crippen molar-refractivity contribution in [1.29, 1.82) is 0 Å². The summed E-state index contributed by atoms with van der Waals surface area (Å²) < 4.78 is 9.75. The fraction of sp³-hybridized carbons (Fsp3) is 0.357. The van der Waals surface area contributed by atoms with E-state index in [2.05, 4.69) is 23.5 Å². The van der Waals surface area contributed by atoms with Gasteiger partial charge in [0.05, 0.1) is 31.3 Å². The lowest BCUT2D eigenvalue weighted by Gasteiger charge is -2.32. The highest BCUT2D eigenvalue weighted by molar-refractivity contribution is 5.89. The smallest absolute Gasteiger partial charge is 0.337 e. The van der Waals surface area contributed by atoms with Gasteiger partial charge in [-0.25, -0.2) is 4.79 Å². The van der Waals surface area contributed by atoms with Crippen LogP contribution in [0.1, 0.15) is 22.8 Å². The van der Waals surface area contributed by atoms with Gasteiger partial charge in [-0.1, -0.05) is 11.8 Å². The monoisotopic (exact) mass is 230 g/mol. The maximum atomic E-state index is 11.2. The highest BCUT2D eigenvalue weighted by atomic mass is 16.5. The third-order valence-corrected chi connectivity index (χ3v) is 2.66. The first-order valence-electron chi connectivity index (χ1n) is 5.42. The van der Waals surface area contributed by atoms with Crippen molar-refractivity contribution < 1.29 is 14.3 Å². The van der Waals surface area contributed by atoms with Crippen LogP contribution in [0.15, 0.2) is 24.3 Å². The summed E-state index contributed by atoms with van der Waals surface area (Å²) in [5.41, 5.74) is 1.42. The van der Waals surface area contributed by atoms with E-state index in [-0.39, 0.29) is 11.4 Å². The zero-order chi connectivity index (χ0) is 12.3. The summed E-state index contributed by atoms with van der Waals surface area (Å²) in [6, 6.07) is 7.08. The molecule has 1 fully saturated rings. The van der Waals surface area contributed by atoms with Crippen LogP contribution >= 0.6 is 0 Å². The number of hydrogen-bond donors (Lipinski definition) is 0. The third kappa shape index (κ3) is 2.66. The lowest BCUT2D eigenvalue weighted by atomic mass is 9.89. The molecule has 0 atom stereocenters. The Hall–Kier alpha value is -1.79. The zero-order valence-electron chi connectivity index (χ0n) is 9.95. The van der Waals surface area contributed by atoms with Crippen LogP contribution < -0.4 is 0 Å². The Morgan fingerprint density at radius 3 is 2.47 bits per heavy atom. The maximum absolute atomic E-state index is 11.2. The van der Waals surface area contributed by atoms with Crippen LogP contribution in [0.2, 0.25) is 0 Å². The number of carbonyl (C=O) groups is 1. The van der Waals surface area contributed by atoms with Crippen molar-refractivity contribution >= 4 is 5.97 Å². The van der Waals surface area contributed by atoms with Crippen LogP contribution in [0.3, 0.4) is 0 Å². The quantitative estimate of drug-likeness (QED) is 0.545. The molecule has 1 saturated heterocycles. The van der Waals surface area contributed by atoms with Gasteiger partial charge in [0.25, 0.3) is 0 Å². The minimum Gasteiger partial charge on any atom is -0.465 e. The van der Waals surface area contributed by atoms with Crippen molar-refractivity contribution in [2.45, 2.75) is 6.92 Å². The van der Waals surface area contributed by atoms with Gasteiger partial charge in [0.15, 0.2) is 0 Å². The van der Waals surface area contributed by atoms with Gasteiger partial charge in [-0.15, -0.1) is 0 Å². The lowest BCUT2D eigenvalue weighted by molar-refractivity contribution is -0.0648. The van der Waals surface area contributed by atoms with E-state index in [4.69, 9.17) is 4.74 Å². The molecule has 88 valence electrons. The lowest BCUT2D eigenvalue weighted by Crippen LogP contribution is -2.38. The number of methoxy groups -OCH3 is 1. The minimum atomic E-state index is -0.330. The van der Waals surface area contributed by atoms with E-state index in [1.54, 1.807) is 12.1 Å². The van der Waals surface area contributed by atoms with Crippen molar-refractivity contribution in [3.05, 3.63) is 35.4 Å². The van der Waals surface area contributed by atoms with Gasteiger partial charge in [0.1, 0.15) is 0 Å². The molecule has 2 rings (SSSR count). The molecular weight excluding hydrogens is 216 g/mol. The normalized spacial score (nSPS) is 16.4. The Labute approximate surface area is 101 Å². The standard InChI is InChI=1S/C14H14O3/c1-14(9-17-10-14)8-7-11-3-5-12(6-4-11)13(15)16-2/h3-6H,9-10H2,1-2H3. The number of rotatable bonds is 1. The van der Waals surface area contributed by atoms with Gasteiger partial charge in [-0.3, -0.25) is 0 Å². The Balaban J connectivity index is 2.10. The van der Waals surface area contributed by atoms with E-state index in [9.17, 15) is 4.79 Å². The highest BCUT2D eigenvalue weighted by Crippen LogP contribution is 2.25. The second-order valence-corrected chi connectivity index (χ2v) is 4.37. The molecule has 1 aliphatic rings. The molecular formula is C14H14O3. The molecule has 0 spiro atoms. The molecule has 0 aliphatic carbocycles. The molecule has 1 aliphatic heterocycles. The van der Waals surface area contributed by atoms with Gasteiger partial charge in [0, 0.05) is 5.56 Å². The van der Waals surface area contributed by atoms with E-state index in [1.807, 2.05) is 12.1 Å². The fourth-order valence-corrected chi connectivity index (χ4v) is 1.51. The first-order chi connectivity index (χ1) is 8.13. The van der Waals surface area contributed by atoms with Crippen molar-refractivity contribution in [3.8, 4) is 11.8 Å². The summed E-state index contributed by atoms with van der Waals surface area (Å²) in [5, 5.41) is 0. The second kappa shape index (κ2) is 4.60. The number of carbonyl (C=O) groups excluding carboxylic acids is 1. The van der Waals surface area contributed by atoms with Gasteiger partial charge in [-0.2, -0.15) is 0 Å². The summed E-state index contributed by atoms with van der Waals surface area (Å²) in [6.45, 7) is 3.47. The summed E-state index contributed by atoms with van der Waals surface area (Å²) in [6.07, 6.45) is 0. The molecule has 0 aromatic heterocycles. The molecule has 0 bridgehead atoms. The number of esters is 1. The first-order valence-corrected chi connectivity index (χ1v) is 5.42. The summed E-state index contributed by atoms with van der Waals surface area (Å²) in [7, 11) is 1.37. The summed E-state index contributed by atoms with van der Waals surface area (Å²) >= 11 is 0. The van der Waals surface area contributed by atoms with Crippen molar-refractivity contribution in [3.63, 3.8) is 0 Å². The molecule has 0 amide bonds. The topological polar surface area (TPSA) is 35.5 Å². The summed E-state index contributed by atoms with van der Waals surface area (Å²) in [5.74, 6) is 5.94. The first kappa shape index (κ1) is 11.7. The molecule has 0 saturated carbocycles. The number of hydrogen-bond acceptors (Lipinski definition) is 3. The predicted molar refractivity (Wildman–Crippen MR) is 63.6 cm³/mol. The third-order valence-electron chi connectivity index (χ3n) is 2.66. The van der Waals surface area contributed by atoms with Crippen molar-refractivity contribution in [2.24, 2.45) is 5.41 Å². The molecule has 3 heteroatoms. The average molecular weight is 230 g/mol. The molecule has 1 aromatic rings. The fourth-order valence-electron chi connectivity index (χ4n) is 1.51. The van der Waals surface area contributed by atoms with E-state index in [0.29, 0.717) is 18.8 Å². The van der Waals surface area contributed by atoms with E-state index >= 15 is 0 Å². The Bertz CT molecular complexity index is 472. The predicted octanol–water partition coefficient (Wildman–Crippen LogP) is 1.86. The van der Waals surface area contributed by atoms with Crippen LogP contribution in [0.5, 0.6) is 0 Å². The van der Waals surface area contributed by atoms with Crippen LogP contribution in [0, 0.1) is 17.3 Å². The molecule has 1 heterocycles. The highest BCUT2D eigenvalue weighted by Gasteiger charge is 2.30. The maximum Gasteiger partial charge on any atom is 0.337 e. The number of ether oxygens (including phenoxy) is 2. The molecule has 3 nitrogen and oxygen atoms in total. The van der Waals surface area contributed by atoms with E-state index in [0.717, 1.165) is 5.56 Å². The van der Waals surface area contributed by atoms with Crippen LogP contribution in [0.4, 0.5) is 0 Å². The zero-order valence-corrected chi connectivity index (χ0v) is 9.95. The van der Waals surface area contributed by atoms with Gasteiger partial charge < -0.3 is 9.47 Å².